The Morgan fingerprint density at radius 3 is 2.64 bits per heavy atom. The van der Waals surface area contributed by atoms with E-state index in [2.05, 4.69) is 0 Å². The van der Waals surface area contributed by atoms with Crippen molar-refractivity contribution in [1.29, 1.82) is 0 Å². The van der Waals surface area contributed by atoms with Gasteiger partial charge < -0.3 is 10.0 Å². The number of amides is 1. The second-order valence-electron chi connectivity index (χ2n) is 4.27. The SMILES string of the molecule is CC(=O)N1C(C(=O)O)C[C@H]2CCC[C@H]21. The highest BCUT2D eigenvalue weighted by molar-refractivity contribution is 5.83. The normalized spacial score (nSPS) is 35.8. The maximum Gasteiger partial charge on any atom is 0.326 e. The maximum atomic E-state index is 11.4. The Kier molecular flexibility index (Phi) is 2.21. The molecule has 0 aromatic heterocycles. The molecule has 0 aromatic carbocycles. The number of aliphatic carboxylic acids is 1. The van der Waals surface area contributed by atoms with Gasteiger partial charge in [0.2, 0.25) is 5.91 Å². The van der Waals surface area contributed by atoms with Gasteiger partial charge in [-0.1, -0.05) is 6.42 Å². The lowest BCUT2D eigenvalue weighted by Gasteiger charge is -2.26. The van der Waals surface area contributed by atoms with Gasteiger partial charge in [0.05, 0.1) is 0 Å². The Bertz CT molecular complexity index is 277. The Morgan fingerprint density at radius 1 is 1.36 bits per heavy atom. The molecule has 2 aliphatic rings. The zero-order chi connectivity index (χ0) is 10.3. The molecule has 1 unspecified atom stereocenters. The third-order valence-electron chi connectivity index (χ3n) is 3.49. The van der Waals surface area contributed by atoms with Gasteiger partial charge >= 0.3 is 5.97 Å². The van der Waals surface area contributed by atoms with E-state index in [4.69, 9.17) is 5.11 Å². The van der Waals surface area contributed by atoms with Gasteiger partial charge in [-0.05, 0) is 25.2 Å². The lowest BCUT2D eigenvalue weighted by atomic mass is 10.0. The first kappa shape index (κ1) is 9.49. The third kappa shape index (κ3) is 1.29. The summed E-state index contributed by atoms with van der Waals surface area (Å²) in [5.74, 6) is -0.513. The maximum absolute atomic E-state index is 11.4. The Morgan fingerprint density at radius 2 is 2.07 bits per heavy atom. The van der Waals surface area contributed by atoms with Crippen LogP contribution in [0.4, 0.5) is 0 Å². The smallest absolute Gasteiger partial charge is 0.326 e. The topological polar surface area (TPSA) is 57.6 Å². The van der Waals surface area contributed by atoms with Crippen molar-refractivity contribution in [3.8, 4) is 0 Å². The number of rotatable bonds is 1. The molecule has 78 valence electrons. The van der Waals surface area contributed by atoms with Crippen LogP contribution in [0.15, 0.2) is 0 Å². The van der Waals surface area contributed by atoms with E-state index in [9.17, 15) is 9.59 Å². The van der Waals surface area contributed by atoms with Gasteiger partial charge in [-0.3, -0.25) is 4.79 Å². The van der Waals surface area contributed by atoms with Crippen molar-refractivity contribution in [3.63, 3.8) is 0 Å². The molecule has 1 heterocycles. The molecular formula is C10H15NO3. The minimum atomic E-state index is -0.852. The minimum Gasteiger partial charge on any atom is -0.480 e. The fourth-order valence-electron chi connectivity index (χ4n) is 2.96. The van der Waals surface area contributed by atoms with Crippen molar-refractivity contribution in [2.24, 2.45) is 5.92 Å². The summed E-state index contributed by atoms with van der Waals surface area (Å²) in [4.78, 5) is 23.9. The van der Waals surface area contributed by atoms with Crippen LogP contribution in [-0.4, -0.2) is 34.0 Å². The zero-order valence-electron chi connectivity index (χ0n) is 8.27. The summed E-state index contributed by atoms with van der Waals surface area (Å²) in [5, 5.41) is 8.99. The van der Waals surface area contributed by atoms with Crippen LogP contribution in [0.1, 0.15) is 32.6 Å². The van der Waals surface area contributed by atoms with E-state index in [0.29, 0.717) is 12.3 Å². The number of carbonyl (C=O) groups is 2. The predicted octanol–water partition coefficient (Wildman–Crippen LogP) is 0.860. The monoisotopic (exact) mass is 197 g/mol. The molecule has 1 aliphatic carbocycles. The van der Waals surface area contributed by atoms with E-state index in [0.717, 1.165) is 19.3 Å². The number of carboxylic acid groups (broad SMARTS) is 1. The summed E-state index contributed by atoms with van der Waals surface area (Å²) in [5.41, 5.74) is 0. The molecule has 14 heavy (non-hydrogen) atoms. The van der Waals surface area contributed by atoms with Crippen LogP contribution in [0.5, 0.6) is 0 Å². The molecule has 4 nitrogen and oxygen atoms in total. The van der Waals surface area contributed by atoms with E-state index in [1.165, 1.54) is 6.92 Å². The average molecular weight is 197 g/mol. The lowest BCUT2D eigenvalue weighted by molar-refractivity contribution is -0.148. The standard InChI is InChI=1S/C10H15NO3/c1-6(12)11-8-4-2-3-7(8)5-9(11)10(13)14/h7-9H,2-5H2,1H3,(H,13,14)/t7-,8-,9?/m1/s1. The Hall–Kier alpha value is -1.06. The van der Waals surface area contributed by atoms with Crippen molar-refractivity contribution in [2.45, 2.75) is 44.7 Å². The molecule has 2 rings (SSSR count). The van der Waals surface area contributed by atoms with Crippen molar-refractivity contribution in [1.82, 2.24) is 4.90 Å². The van der Waals surface area contributed by atoms with Gasteiger partial charge in [0.15, 0.2) is 0 Å². The molecular weight excluding hydrogens is 182 g/mol. The molecule has 0 radical (unpaired) electrons. The van der Waals surface area contributed by atoms with E-state index < -0.39 is 12.0 Å². The van der Waals surface area contributed by atoms with E-state index in [1.54, 1.807) is 4.90 Å². The molecule has 4 heteroatoms. The number of hydrogen-bond donors (Lipinski definition) is 1. The van der Waals surface area contributed by atoms with Crippen LogP contribution in [0, 0.1) is 5.92 Å². The van der Waals surface area contributed by atoms with Gasteiger partial charge in [-0.25, -0.2) is 4.79 Å². The summed E-state index contributed by atoms with van der Waals surface area (Å²) >= 11 is 0. The minimum absolute atomic E-state index is 0.0909. The molecule has 3 atom stereocenters. The highest BCUT2D eigenvalue weighted by Gasteiger charge is 2.47. The quantitative estimate of drug-likeness (QED) is 0.678. The number of fused-ring (bicyclic) bond motifs is 1. The van der Waals surface area contributed by atoms with Crippen LogP contribution >= 0.6 is 0 Å². The summed E-state index contributed by atoms with van der Waals surface area (Å²) in [6, 6.07) is -0.364. The molecule has 1 amide bonds. The summed E-state index contributed by atoms with van der Waals surface area (Å²) in [7, 11) is 0. The summed E-state index contributed by atoms with van der Waals surface area (Å²) in [6.45, 7) is 1.47. The predicted molar refractivity (Wildman–Crippen MR) is 49.7 cm³/mol. The Balaban J connectivity index is 2.21. The molecule has 1 saturated heterocycles. The van der Waals surface area contributed by atoms with Crippen molar-refractivity contribution < 1.29 is 14.7 Å². The van der Waals surface area contributed by atoms with Gasteiger partial charge in [-0.2, -0.15) is 0 Å². The average Bonchev–Trinajstić information content (AvgIpc) is 2.58. The number of carboxylic acids is 1. The molecule has 1 saturated carbocycles. The summed E-state index contributed by atoms with van der Waals surface area (Å²) in [6.07, 6.45) is 3.84. The number of carbonyl (C=O) groups excluding carboxylic acids is 1. The molecule has 1 aliphatic heterocycles. The van der Waals surface area contributed by atoms with Crippen LogP contribution in [-0.2, 0) is 9.59 Å². The highest BCUT2D eigenvalue weighted by atomic mass is 16.4. The zero-order valence-corrected chi connectivity index (χ0v) is 8.27. The number of nitrogens with zero attached hydrogens (tertiary/aromatic N) is 1. The first-order valence-corrected chi connectivity index (χ1v) is 5.13. The van der Waals surface area contributed by atoms with Crippen LogP contribution < -0.4 is 0 Å². The van der Waals surface area contributed by atoms with Crippen LogP contribution in [0.3, 0.4) is 0 Å². The van der Waals surface area contributed by atoms with Gasteiger partial charge in [0, 0.05) is 13.0 Å². The first-order chi connectivity index (χ1) is 6.61. The van der Waals surface area contributed by atoms with Crippen LogP contribution in [0.25, 0.3) is 0 Å². The molecule has 0 aromatic rings. The second-order valence-corrected chi connectivity index (χ2v) is 4.27. The molecule has 2 fully saturated rings. The van der Waals surface area contributed by atoms with Gasteiger partial charge in [0.1, 0.15) is 6.04 Å². The summed E-state index contributed by atoms with van der Waals surface area (Å²) < 4.78 is 0. The number of hydrogen-bond acceptors (Lipinski definition) is 2. The fourth-order valence-corrected chi connectivity index (χ4v) is 2.96. The fraction of sp³-hybridized carbons (Fsp3) is 0.800. The van der Waals surface area contributed by atoms with E-state index in [1.807, 2.05) is 0 Å². The Labute approximate surface area is 82.9 Å². The van der Waals surface area contributed by atoms with E-state index in [-0.39, 0.29) is 11.9 Å². The van der Waals surface area contributed by atoms with Crippen LogP contribution in [0.2, 0.25) is 0 Å². The molecule has 0 bridgehead atoms. The van der Waals surface area contributed by atoms with E-state index >= 15 is 0 Å². The number of likely N-dealkylation sites (tertiary alicyclic amines) is 1. The van der Waals surface area contributed by atoms with Crippen molar-refractivity contribution in [2.75, 3.05) is 0 Å². The second kappa shape index (κ2) is 3.26. The van der Waals surface area contributed by atoms with Gasteiger partial charge in [-0.15, -0.1) is 0 Å². The lowest BCUT2D eigenvalue weighted by Crippen LogP contribution is -2.43. The van der Waals surface area contributed by atoms with Crippen molar-refractivity contribution >= 4 is 11.9 Å². The highest BCUT2D eigenvalue weighted by Crippen LogP contribution is 2.41. The molecule has 0 spiro atoms. The third-order valence-corrected chi connectivity index (χ3v) is 3.49. The molecule has 1 N–H and O–H groups in total. The largest absolute Gasteiger partial charge is 0.480 e. The van der Waals surface area contributed by atoms with Crippen molar-refractivity contribution in [3.05, 3.63) is 0 Å². The van der Waals surface area contributed by atoms with Gasteiger partial charge in [0.25, 0.3) is 0 Å². The first-order valence-electron chi connectivity index (χ1n) is 5.13.